The number of benzene rings is 2. The number of para-hydroxylation sites is 1. The molecule has 0 saturated heterocycles. The number of amides is 2. The molecule has 0 aliphatic carbocycles. The first-order valence-corrected chi connectivity index (χ1v) is 9.61. The Balaban J connectivity index is 1.49. The van der Waals surface area contributed by atoms with Gasteiger partial charge in [-0.05, 0) is 48.7 Å². The summed E-state index contributed by atoms with van der Waals surface area (Å²) in [6, 6.07) is 16.6. The lowest BCUT2D eigenvalue weighted by molar-refractivity contribution is -0.385. The molecule has 152 valence electrons. The van der Waals surface area contributed by atoms with Crippen LogP contribution in [0.3, 0.4) is 0 Å². The average Bonchev–Trinajstić information content (AvgIpc) is 2.74. The molecule has 0 radical (unpaired) electrons. The SMILES string of the molecule is Cc1cc(N2CCc3c(cccc3NC(=O)Nc3ccccc3)C2)ncc1[N+](=O)[O-]. The van der Waals surface area contributed by atoms with Gasteiger partial charge in [0.25, 0.3) is 5.69 Å². The predicted octanol–water partition coefficient (Wildman–Crippen LogP) is 4.50. The number of urea groups is 1. The van der Waals surface area contributed by atoms with Crippen LogP contribution >= 0.6 is 0 Å². The van der Waals surface area contributed by atoms with E-state index in [4.69, 9.17) is 0 Å². The van der Waals surface area contributed by atoms with Crippen LogP contribution in [-0.4, -0.2) is 22.5 Å². The number of fused-ring (bicyclic) bond motifs is 1. The number of carbonyl (C=O) groups is 1. The fourth-order valence-corrected chi connectivity index (χ4v) is 3.63. The van der Waals surface area contributed by atoms with E-state index in [1.807, 2.05) is 48.5 Å². The third kappa shape index (κ3) is 4.07. The minimum absolute atomic E-state index is 0.0204. The fraction of sp³-hybridized carbons (Fsp3) is 0.182. The number of hydrogen-bond donors (Lipinski definition) is 2. The largest absolute Gasteiger partial charge is 0.352 e. The molecule has 1 aliphatic rings. The molecule has 0 unspecified atom stereocenters. The second-order valence-corrected chi connectivity index (χ2v) is 7.15. The molecule has 4 rings (SSSR count). The van der Waals surface area contributed by atoms with Gasteiger partial charge in [-0.25, -0.2) is 9.78 Å². The molecule has 0 fully saturated rings. The molecule has 0 bridgehead atoms. The Morgan fingerprint density at radius 2 is 1.93 bits per heavy atom. The fourth-order valence-electron chi connectivity index (χ4n) is 3.63. The van der Waals surface area contributed by atoms with Crippen LogP contribution < -0.4 is 15.5 Å². The number of nitro groups is 1. The molecule has 1 aliphatic heterocycles. The quantitative estimate of drug-likeness (QED) is 0.493. The lowest BCUT2D eigenvalue weighted by Crippen LogP contribution is -2.32. The highest BCUT2D eigenvalue weighted by Gasteiger charge is 2.22. The van der Waals surface area contributed by atoms with Crippen molar-refractivity contribution in [3.63, 3.8) is 0 Å². The number of nitrogens with zero attached hydrogens (tertiary/aromatic N) is 3. The summed E-state index contributed by atoms with van der Waals surface area (Å²) < 4.78 is 0. The second-order valence-electron chi connectivity index (χ2n) is 7.15. The van der Waals surface area contributed by atoms with Gasteiger partial charge in [-0.1, -0.05) is 30.3 Å². The van der Waals surface area contributed by atoms with E-state index >= 15 is 0 Å². The summed E-state index contributed by atoms with van der Waals surface area (Å²) in [4.78, 5) is 29.4. The third-order valence-corrected chi connectivity index (χ3v) is 5.14. The maximum atomic E-state index is 12.4. The number of carbonyl (C=O) groups excluding carboxylic acids is 1. The zero-order valence-corrected chi connectivity index (χ0v) is 16.5. The highest BCUT2D eigenvalue weighted by atomic mass is 16.6. The lowest BCUT2D eigenvalue weighted by Gasteiger charge is -2.31. The highest BCUT2D eigenvalue weighted by Crippen LogP contribution is 2.30. The molecule has 8 heteroatoms. The maximum Gasteiger partial charge on any atom is 0.323 e. The van der Waals surface area contributed by atoms with Crippen molar-refractivity contribution in [3.05, 3.63) is 87.6 Å². The van der Waals surface area contributed by atoms with Crippen molar-refractivity contribution in [2.45, 2.75) is 19.9 Å². The Bertz CT molecular complexity index is 1100. The molecule has 8 nitrogen and oxygen atoms in total. The van der Waals surface area contributed by atoms with E-state index in [2.05, 4.69) is 20.5 Å². The van der Waals surface area contributed by atoms with Gasteiger partial charge in [0.15, 0.2) is 0 Å². The van der Waals surface area contributed by atoms with Gasteiger partial charge < -0.3 is 15.5 Å². The van der Waals surface area contributed by atoms with Gasteiger partial charge in [-0.2, -0.15) is 0 Å². The third-order valence-electron chi connectivity index (χ3n) is 5.14. The summed E-state index contributed by atoms with van der Waals surface area (Å²) in [7, 11) is 0. The molecular weight excluding hydrogens is 382 g/mol. The van der Waals surface area contributed by atoms with Gasteiger partial charge in [0.2, 0.25) is 0 Å². The number of rotatable bonds is 4. The van der Waals surface area contributed by atoms with E-state index < -0.39 is 4.92 Å². The minimum atomic E-state index is -0.421. The van der Waals surface area contributed by atoms with Crippen LogP contribution in [-0.2, 0) is 13.0 Å². The molecule has 3 aromatic rings. The van der Waals surface area contributed by atoms with Gasteiger partial charge in [0.1, 0.15) is 12.0 Å². The van der Waals surface area contributed by atoms with Crippen molar-refractivity contribution in [1.29, 1.82) is 0 Å². The number of anilines is 3. The summed E-state index contributed by atoms with van der Waals surface area (Å²) in [6.07, 6.45) is 2.04. The zero-order valence-electron chi connectivity index (χ0n) is 16.5. The molecule has 0 atom stereocenters. The van der Waals surface area contributed by atoms with Gasteiger partial charge in [-0.3, -0.25) is 10.1 Å². The molecule has 2 aromatic carbocycles. The smallest absolute Gasteiger partial charge is 0.323 e. The number of aromatic nitrogens is 1. The topological polar surface area (TPSA) is 100 Å². The van der Waals surface area contributed by atoms with Crippen LogP contribution in [0.25, 0.3) is 0 Å². The van der Waals surface area contributed by atoms with Gasteiger partial charge >= 0.3 is 6.03 Å². The summed E-state index contributed by atoms with van der Waals surface area (Å²) in [5.74, 6) is 0.712. The van der Waals surface area contributed by atoms with Crippen LogP contribution in [0, 0.1) is 17.0 Å². The molecule has 30 heavy (non-hydrogen) atoms. The molecule has 2 amide bonds. The zero-order chi connectivity index (χ0) is 21.1. The minimum Gasteiger partial charge on any atom is -0.352 e. The highest BCUT2D eigenvalue weighted by molar-refractivity contribution is 6.00. The number of nitrogens with one attached hydrogen (secondary N) is 2. The lowest BCUT2D eigenvalue weighted by atomic mass is 9.97. The maximum absolute atomic E-state index is 12.4. The molecule has 0 spiro atoms. The van der Waals surface area contributed by atoms with Crippen LogP contribution in [0.2, 0.25) is 0 Å². The average molecular weight is 403 g/mol. The number of aryl methyl sites for hydroxylation is 1. The standard InChI is InChI=1S/C22H21N5O3/c1-15-12-21(23-13-20(15)27(29)30)26-11-10-18-16(14-26)6-5-9-19(18)25-22(28)24-17-7-3-2-4-8-17/h2-9,12-13H,10-11,14H2,1H3,(H2,24,25,28). The van der Waals surface area contributed by atoms with Crippen molar-refractivity contribution < 1.29 is 9.72 Å². The van der Waals surface area contributed by atoms with Crippen molar-refractivity contribution in [3.8, 4) is 0 Å². The van der Waals surface area contributed by atoms with Crippen LogP contribution in [0.15, 0.2) is 60.8 Å². The van der Waals surface area contributed by atoms with Crippen molar-refractivity contribution >= 4 is 28.9 Å². The summed E-state index contributed by atoms with van der Waals surface area (Å²) >= 11 is 0. The van der Waals surface area contributed by atoms with E-state index in [1.54, 1.807) is 13.0 Å². The molecule has 1 aromatic heterocycles. The van der Waals surface area contributed by atoms with Gasteiger partial charge in [0.05, 0.1) is 4.92 Å². The number of hydrogen-bond acceptors (Lipinski definition) is 5. The molecule has 2 heterocycles. The molecule has 2 N–H and O–H groups in total. The Labute approximate surface area is 173 Å². The van der Waals surface area contributed by atoms with E-state index in [-0.39, 0.29) is 11.7 Å². The number of pyridine rings is 1. The summed E-state index contributed by atoms with van der Waals surface area (Å²) in [5.41, 5.74) is 4.31. The first-order chi connectivity index (χ1) is 14.5. The van der Waals surface area contributed by atoms with E-state index in [1.165, 1.54) is 6.20 Å². The van der Waals surface area contributed by atoms with Gasteiger partial charge in [0, 0.05) is 30.0 Å². The Kier molecular flexibility index (Phi) is 5.30. The van der Waals surface area contributed by atoms with Crippen molar-refractivity contribution in [1.82, 2.24) is 4.98 Å². The van der Waals surface area contributed by atoms with E-state index in [9.17, 15) is 14.9 Å². The predicted molar refractivity (Wildman–Crippen MR) is 116 cm³/mol. The second kappa shape index (κ2) is 8.20. The molecule has 0 saturated carbocycles. The van der Waals surface area contributed by atoms with Crippen molar-refractivity contribution in [2.75, 3.05) is 22.1 Å². The van der Waals surface area contributed by atoms with Crippen molar-refractivity contribution in [2.24, 2.45) is 0 Å². The van der Waals surface area contributed by atoms with E-state index in [0.717, 1.165) is 28.9 Å². The monoisotopic (exact) mass is 403 g/mol. The van der Waals surface area contributed by atoms with Crippen LogP contribution in [0.5, 0.6) is 0 Å². The molecular formula is C22H21N5O3. The van der Waals surface area contributed by atoms with Crippen LogP contribution in [0.1, 0.15) is 16.7 Å². The summed E-state index contributed by atoms with van der Waals surface area (Å²) in [6.45, 7) is 3.04. The van der Waals surface area contributed by atoms with Crippen LogP contribution in [0.4, 0.5) is 27.7 Å². The normalized spacial score (nSPS) is 12.8. The van der Waals surface area contributed by atoms with E-state index in [0.29, 0.717) is 24.5 Å². The van der Waals surface area contributed by atoms with Gasteiger partial charge in [-0.15, -0.1) is 0 Å². The first kappa shape index (κ1) is 19.4. The Morgan fingerprint density at radius 1 is 1.13 bits per heavy atom. The summed E-state index contributed by atoms with van der Waals surface area (Å²) in [5, 5.41) is 16.8. The Hall–Kier alpha value is -3.94. The Morgan fingerprint density at radius 3 is 2.67 bits per heavy atom. The first-order valence-electron chi connectivity index (χ1n) is 9.61.